The lowest BCUT2D eigenvalue weighted by Crippen LogP contribution is -2.55. The number of carbonyl (C=O) groups excluding carboxylic acids is 2. The Hall–Kier alpha value is -1.91. The molecule has 1 saturated carbocycles. The number of sulfone groups is 1. The third kappa shape index (κ3) is 2.85. The van der Waals surface area contributed by atoms with Gasteiger partial charge in [0.15, 0.2) is 9.84 Å². The highest BCUT2D eigenvalue weighted by molar-refractivity contribution is 7.94. The van der Waals surface area contributed by atoms with Crippen LogP contribution in [0, 0.1) is 6.92 Å². The fraction of sp³-hybridized carbons (Fsp3) is 0.667. The first-order chi connectivity index (χ1) is 12.9. The molecular weight excluding hydrogens is 386 g/mol. The summed E-state index contributed by atoms with van der Waals surface area (Å²) in [4.78, 5) is 26.1. The molecule has 1 fully saturated rings. The van der Waals surface area contributed by atoms with E-state index in [2.05, 4.69) is 0 Å². The number of aromatic nitrogens is 1. The lowest BCUT2D eigenvalue weighted by Gasteiger charge is -2.37. The SMILES string of the molecule is Cc1cc2n(c1C(N)=O)CCN(CC1(S(=O)(=O)C(C)(C)C(O)CO)CC1)C2=O. The van der Waals surface area contributed by atoms with Crippen molar-refractivity contribution in [1.82, 2.24) is 9.47 Å². The van der Waals surface area contributed by atoms with Gasteiger partial charge in [0, 0.05) is 19.6 Å². The van der Waals surface area contributed by atoms with Gasteiger partial charge in [0.05, 0.1) is 22.2 Å². The minimum atomic E-state index is -3.84. The molecule has 2 aliphatic rings. The van der Waals surface area contributed by atoms with Gasteiger partial charge in [-0.2, -0.15) is 0 Å². The Bertz CT molecular complexity index is 929. The molecule has 28 heavy (non-hydrogen) atoms. The van der Waals surface area contributed by atoms with Gasteiger partial charge in [0.2, 0.25) is 0 Å². The van der Waals surface area contributed by atoms with E-state index in [-0.39, 0.29) is 19.0 Å². The summed E-state index contributed by atoms with van der Waals surface area (Å²) in [5.41, 5.74) is 6.64. The molecule has 1 aliphatic heterocycles. The molecule has 1 atom stereocenters. The summed E-state index contributed by atoms with van der Waals surface area (Å²) in [6.07, 6.45) is -0.620. The number of aryl methyl sites for hydroxylation is 1. The molecule has 0 radical (unpaired) electrons. The zero-order valence-electron chi connectivity index (χ0n) is 16.3. The monoisotopic (exact) mass is 413 g/mol. The Morgan fingerprint density at radius 1 is 1.36 bits per heavy atom. The van der Waals surface area contributed by atoms with Crippen LogP contribution in [0.2, 0.25) is 0 Å². The van der Waals surface area contributed by atoms with Gasteiger partial charge in [-0.3, -0.25) is 9.59 Å². The number of rotatable bonds is 7. The van der Waals surface area contributed by atoms with Crippen molar-refractivity contribution in [3.63, 3.8) is 0 Å². The smallest absolute Gasteiger partial charge is 0.270 e. The first kappa shape index (κ1) is 20.8. The zero-order chi connectivity index (χ0) is 21.1. The number of primary amides is 1. The van der Waals surface area contributed by atoms with Crippen LogP contribution < -0.4 is 5.73 Å². The highest BCUT2D eigenvalue weighted by atomic mass is 32.2. The van der Waals surface area contributed by atoms with Crippen LogP contribution >= 0.6 is 0 Å². The van der Waals surface area contributed by atoms with Gasteiger partial charge in [-0.05, 0) is 45.2 Å². The Morgan fingerprint density at radius 3 is 2.46 bits per heavy atom. The number of hydrogen-bond acceptors (Lipinski definition) is 6. The highest BCUT2D eigenvalue weighted by Gasteiger charge is 2.62. The minimum Gasteiger partial charge on any atom is -0.394 e. The van der Waals surface area contributed by atoms with E-state index in [9.17, 15) is 28.2 Å². The maximum absolute atomic E-state index is 13.2. The molecular formula is C18H27N3O6S. The molecule has 2 amide bonds. The number of hydrogen-bond donors (Lipinski definition) is 3. The van der Waals surface area contributed by atoms with Gasteiger partial charge in [-0.1, -0.05) is 0 Å². The Morgan fingerprint density at radius 2 is 1.96 bits per heavy atom. The molecule has 1 aromatic heterocycles. The van der Waals surface area contributed by atoms with E-state index in [1.165, 1.54) is 18.7 Å². The number of fused-ring (bicyclic) bond motifs is 1. The molecule has 4 N–H and O–H groups in total. The molecule has 1 unspecified atom stereocenters. The Labute approximate surface area is 164 Å². The number of nitrogens with zero attached hydrogens (tertiary/aromatic N) is 2. The van der Waals surface area contributed by atoms with Crippen molar-refractivity contribution in [2.24, 2.45) is 5.73 Å². The van der Waals surface area contributed by atoms with E-state index < -0.39 is 37.9 Å². The standard InChI is InChI=1S/C18H27N3O6S/c1-11-8-12-16(25)20(6-7-21(12)14(11)15(19)24)10-18(4-5-18)28(26,27)17(2,3)13(23)9-22/h8,13,22-23H,4-7,9-10H2,1-3H3,(H2,19,24). The topological polar surface area (TPSA) is 143 Å². The summed E-state index contributed by atoms with van der Waals surface area (Å²) < 4.78 is 25.4. The second-order valence-electron chi connectivity index (χ2n) is 8.29. The Kier molecular flexibility index (Phi) is 4.88. The fourth-order valence-electron chi connectivity index (χ4n) is 4.01. The molecule has 0 bridgehead atoms. The van der Waals surface area contributed by atoms with Crippen molar-refractivity contribution in [2.75, 3.05) is 19.7 Å². The highest BCUT2D eigenvalue weighted by Crippen LogP contribution is 2.49. The van der Waals surface area contributed by atoms with Crippen LogP contribution in [0.15, 0.2) is 6.07 Å². The second-order valence-corrected chi connectivity index (χ2v) is 11.2. The summed E-state index contributed by atoms with van der Waals surface area (Å²) in [7, 11) is -3.84. The number of aliphatic hydroxyl groups excluding tert-OH is 2. The molecule has 1 aromatic rings. The van der Waals surface area contributed by atoms with Crippen molar-refractivity contribution < 1.29 is 28.2 Å². The van der Waals surface area contributed by atoms with Crippen LogP contribution in [0.4, 0.5) is 0 Å². The van der Waals surface area contributed by atoms with Crippen LogP contribution in [-0.2, 0) is 16.4 Å². The predicted octanol–water partition coefficient (Wildman–Crippen LogP) is -0.570. The van der Waals surface area contributed by atoms with Gasteiger partial charge in [-0.15, -0.1) is 0 Å². The van der Waals surface area contributed by atoms with Gasteiger partial charge in [0.1, 0.15) is 11.4 Å². The van der Waals surface area contributed by atoms with Crippen molar-refractivity contribution in [1.29, 1.82) is 0 Å². The number of carbonyl (C=O) groups is 2. The molecule has 10 heteroatoms. The van der Waals surface area contributed by atoms with Crippen molar-refractivity contribution in [2.45, 2.75) is 55.8 Å². The summed E-state index contributed by atoms with van der Waals surface area (Å²) in [5.74, 6) is -0.949. The molecule has 1 aliphatic carbocycles. The van der Waals surface area contributed by atoms with Gasteiger partial charge in [-0.25, -0.2) is 8.42 Å². The van der Waals surface area contributed by atoms with Crippen LogP contribution in [0.5, 0.6) is 0 Å². The zero-order valence-corrected chi connectivity index (χ0v) is 17.1. The van der Waals surface area contributed by atoms with E-state index in [0.717, 1.165) is 0 Å². The Balaban J connectivity index is 1.88. The largest absolute Gasteiger partial charge is 0.394 e. The normalized spacial score (nSPS) is 20.0. The van der Waals surface area contributed by atoms with E-state index in [0.29, 0.717) is 36.3 Å². The third-order valence-corrected chi connectivity index (χ3v) is 9.48. The first-order valence-electron chi connectivity index (χ1n) is 9.22. The van der Waals surface area contributed by atoms with E-state index >= 15 is 0 Å². The molecule has 2 heterocycles. The van der Waals surface area contributed by atoms with E-state index in [1.54, 1.807) is 17.6 Å². The average Bonchev–Trinajstić information content (AvgIpc) is 3.32. The molecule has 0 aromatic carbocycles. The minimum absolute atomic E-state index is 0.0197. The fourth-order valence-corrected chi connectivity index (χ4v) is 6.53. The van der Waals surface area contributed by atoms with Gasteiger partial charge in [0.25, 0.3) is 11.8 Å². The van der Waals surface area contributed by atoms with Crippen LogP contribution in [0.25, 0.3) is 0 Å². The number of aliphatic hydroxyl groups is 2. The van der Waals surface area contributed by atoms with E-state index in [1.807, 2.05) is 0 Å². The second kappa shape index (κ2) is 6.57. The molecule has 3 rings (SSSR count). The summed E-state index contributed by atoms with van der Waals surface area (Å²) in [6.45, 7) is 4.48. The van der Waals surface area contributed by atoms with Crippen LogP contribution in [0.1, 0.15) is 53.2 Å². The van der Waals surface area contributed by atoms with Crippen molar-refractivity contribution in [3.05, 3.63) is 23.0 Å². The maximum atomic E-state index is 13.2. The van der Waals surface area contributed by atoms with Crippen molar-refractivity contribution >= 4 is 21.7 Å². The van der Waals surface area contributed by atoms with Gasteiger partial charge >= 0.3 is 0 Å². The van der Waals surface area contributed by atoms with Crippen LogP contribution in [-0.4, -0.2) is 75.2 Å². The third-order valence-electron chi connectivity index (χ3n) is 6.15. The maximum Gasteiger partial charge on any atom is 0.270 e. The summed E-state index contributed by atoms with van der Waals surface area (Å²) in [5, 5.41) is 19.3. The van der Waals surface area contributed by atoms with Crippen molar-refractivity contribution in [3.8, 4) is 0 Å². The number of nitrogens with two attached hydrogens (primary N) is 1. The predicted molar refractivity (Wildman–Crippen MR) is 102 cm³/mol. The molecule has 9 nitrogen and oxygen atoms in total. The quantitative estimate of drug-likeness (QED) is 0.546. The lowest BCUT2D eigenvalue weighted by atomic mass is 10.1. The van der Waals surface area contributed by atoms with Crippen LogP contribution in [0.3, 0.4) is 0 Å². The molecule has 0 saturated heterocycles. The average molecular weight is 413 g/mol. The summed E-state index contributed by atoms with van der Waals surface area (Å²) in [6, 6.07) is 1.60. The molecule has 0 spiro atoms. The number of amides is 2. The first-order valence-corrected chi connectivity index (χ1v) is 10.7. The summed E-state index contributed by atoms with van der Waals surface area (Å²) >= 11 is 0. The lowest BCUT2D eigenvalue weighted by molar-refractivity contribution is 0.0665. The van der Waals surface area contributed by atoms with Gasteiger partial charge < -0.3 is 25.4 Å². The molecule has 156 valence electrons. The van der Waals surface area contributed by atoms with E-state index in [4.69, 9.17) is 5.73 Å².